The van der Waals surface area contributed by atoms with Crippen LogP contribution in [0, 0.1) is 0 Å². The van der Waals surface area contributed by atoms with Crippen LogP contribution in [0.4, 0.5) is 0 Å². The Morgan fingerprint density at radius 3 is 2.45 bits per heavy atom. The van der Waals surface area contributed by atoms with E-state index in [1.165, 1.54) is 7.11 Å². The van der Waals surface area contributed by atoms with E-state index in [9.17, 15) is 9.00 Å². The predicted octanol–water partition coefficient (Wildman–Crippen LogP) is 3.45. The Morgan fingerprint density at radius 2 is 1.82 bits per heavy atom. The highest BCUT2D eigenvalue weighted by molar-refractivity contribution is 7.93. The maximum atomic E-state index is 13.0. The Kier molecular flexibility index (Phi) is 3.98. The highest BCUT2D eigenvalue weighted by Gasteiger charge is 2.26. The third kappa shape index (κ3) is 2.76. The number of hydrogen-bond donors (Lipinski definition) is 0. The van der Waals surface area contributed by atoms with Crippen LogP contribution in [0.15, 0.2) is 63.9 Å². The standard InChI is InChI=1S/C17H17NO3S/c1-21-17(19)14-7-9-15(10-8-14)22(20)12-11-16(18-22)13-5-3-2-4-6-13/h2-10,16H,11-12H2,1H3/t16-,22?/m1/s1. The lowest BCUT2D eigenvalue weighted by Crippen LogP contribution is -2.04. The predicted molar refractivity (Wildman–Crippen MR) is 85.3 cm³/mol. The van der Waals surface area contributed by atoms with Crippen molar-refractivity contribution in [2.75, 3.05) is 12.9 Å². The number of ether oxygens (including phenoxy) is 1. The van der Waals surface area contributed by atoms with Crippen LogP contribution in [0.25, 0.3) is 0 Å². The van der Waals surface area contributed by atoms with Crippen LogP contribution in [-0.2, 0) is 14.5 Å². The van der Waals surface area contributed by atoms with Gasteiger partial charge in [-0.05, 0) is 36.2 Å². The van der Waals surface area contributed by atoms with Crippen molar-refractivity contribution in [1.82, 2.24) is 0 Å². The summed E-state index contributed by atoms with van der Waals surface area (Å²) < 4.78 is 22.3. The maximum absolute atomic E-state index is 13.0. The van der Waals surface area contributed by atoms with E-state index in [0.717, 1.165) is 12.0 Å². The van der Waals surface area contributed by atoms with Crippen LogP contribution in [0.1, 0.15) is 28.4 Å². The molecule has 1 heterocycles. The molecule has 0 saturated heterocycles. The molecule has 3 rings (SSSR count). The molecular formula is C17H17NO3S. The molecule has 0 aromatic heterocycles. The molecule has 0 aliphatic carbocycles. The van der Waals surface area contributed by atoms with Crippen molar-refractivity contribution < 1.29 is 13.7 Å². The van der Waals surface area contributed by atoms with E-state index in [1.54, 1.807) is 24.3 Å². The van der Waals surface area contributed by atoms with Crippen molar-refractivity contribution in [2.24, 2.45) is 4.36 Å². The van der Waals surface area contributed by atoms with Gasteiger partial charge in [-0.15, -0.1) is 0 Å². The number of nitrogens with zero attached hydrogens (tertiary/aromatic N) is 1. The Bertz CT molecular complexity index is 790. The third-order valence-electron chi connectivity index (χ3n) is 3.79. The van der Waals surface area contributed by atoms with Gasteiger partial charge in [0.25, 0.3) is 0 Å². The van der Waals surface area contributed by atoms with E-state index in [4.69, 9.17) is 0 Å². The summed E-state index contributed by atoms with van der Waals surface area (Å²) in [6.45, 7) is 0. The molecular weight excluding hydrogens is 298 g/mol. The van der Waals surface area contributed by atoms with Gasteiger partial charge in [0.15, 0.2) is 0 Å². The van der Waals surface area contributed by atoms with Crippen LogP contribution >= 0.6 is 0 Å². The van der Waals surface area contributed by atoms with E-state index >= 15 is 0 Å². The minimum absolute atomic E-state index is 0.0195. The lowest BCUT2D eigenvalue weighted by molar-refractivity contribution is 0.0600. The van der Waals surface area contributed by atoms with Crippen molar-refractivity contribution in [2.45, 2.75) is 17.4 Å². The average molecular weight is 315 g/mol. The zero-order valence-corrected chi connectivity index (χ0v) is 13.1. The summed E-state index contributed by atoms with van der Waals surface area (Å²) >= 11 is 0. The normalized spacial score (nSPS) is 23.8. The number of carbonyl (C=O) groups excluding carboxylic acids is 1. The molecule has 4 nitrogen and oxygen atoms in total. The van der Waals surface area contributed by atoms with E-state index in [-0.39, 0.29) is 6.04 Å². The number of hydrogen-bond acceptors (Lipinski definition) is 4. The molecule has 22 heavy (non-hydrogen) atoms. The first-order valence-corrected chi connectivity index (χ1v) is 8.78. The molecule has 114 valence electrons. The van der Waals surface area contributed by atoms with Gasteiger partial charge in [-0.1, -0.05) is 30.3 Å². The molecule has 2 aromatic rings. The SMILES string of the molecule is COC(=O)c1ccc(S2(=O)=N[C@@H](c3ccccc3)CC2)cc1. The molecule has 1 aliphatic rings. The molecule has 2 atom stereocenters. The highest BCUT2D eigenvalue weighted by Crippen LogP contribution is 2.33. The quantitative estimate of drug-likeness (QED) is 0.815. The van der Waals surface area contributed by atoms with Crippen LogP contribution in [0.3, 0.4) is 0 Å². The van der Waals surface area contributed by atoms with E-state index < -0.39 is 15.7 Å². The number of esters is 1. The Hall–Kier alpha value is -2.14. The zero-order valence-electron chi connectivity index (χ0n) is 12.3. The molecule has 0 radical (unpaired) electrons. The molecule has 0 bridgehead atoms. The summed E-state index contributed by atoms with van der Waals surface area (Å²) in [5, 5.41) is 0. The molecule has 2 aromatic carbocycles. The first-order chi connectivity index (χ1) is 10.6. The summed E-state index contributed by atoms with van der Waals surface area (Å²) in [5.74, 6) is 0.149. The molecule has 0 spiro atoms. The largest absolute Gasteiger partial charge is 0.465 e. The summed E-state index contributed by atoms with van der Waals surface area (Å²) in [6, 6.07) is 16.6. The van der Waals surface area contributed by atoms with Gasteiger partial charge in [-0.2, -0.15) is 0 Å². The Morgan fingerprint density at radius 1 is 1.14 bits per heavy atom. The second-order valence-electron chi connectivity index (χ2n) is 5.18. The average Bonchev–Trinajstić information content (AvgIpc) is 2.99. The molecule has 0 amide bonds. The van der Waals surface area contributed by atoms with E-state index in [1.807, 2.05) is 30.3 Å². The lowest BCUT2D eigenvalue weighted by atomic mass is 10.1. The van der Waals surface area contributed by atoms with Crippen LogP contribution in [0.5, 0.6) is 0 Å². The highest BCUT2D eigenvalue weighted by atomic mass is 32.2. The van der Waals surface area contributed by atoms with Crippen LogP contribution in [-0.4, -0.2) is 23.0 Å². The number of carbonyl (C=O) groups is 1. The van der Waals surface area contributed by atoms with Crippen LogP contribution < -0.4 is 0 Å². The lowest BCUT2D eigenvalue weighted by Gasteiger charge is -2.06. The van der Waals surface area contributed by atoms with Gasteiger partial charge in [0, 0.05) is 10.6 Å². The second-order valence-corrected chi connectivity index (χ2v) is 7.55. The smallest absolute Gasteiger partial charge is 0.337 e. The first kappa shape index (κ1) is 14.8. The fourth-order valence-corrected chi connectivity index (χ4v) is 4.79. The van der Waals surface area contributed by atoms with Gasteiger partial charge in [0.1, 0.15) is 0 Å². The van der Waals surface area contributed by atoms with Gasteiger partial charge < -0.3 is 4.74 Å². The van der Waals surface area contributed by atoms with Gasteiger partial charge in [-0.25, -0.2) is 13.4 Å². The monoisotopic (exact) mass is 315 g/mol. The Labute approximate surface area is 130 Å². The fourth-order valence-electron chi connectivity index (χ4n) is 2.59. The summed E-state index contributed by atoms with van der Waals surface area (Å²) in [7, 11) is -1.07. The number of methoxy groups -OCH3 is 1. The van der Waals surface area contributed by atoms with Crippen molar-refractivity contribution in [1.29, 1.82) is 0 Å². The molecule has 0 N–H and O–H groups in total. The van der Waals surface area contributed by atoms with E-state index in [2.05, 4.69) is 9.10 Å². The number of benzene rings is 2. The second kappa shape index (κ2) is 5.93. The molecule has 1 unspecified atom stereocenters. The van der Waals surface area contributed by atoms with Gasteiger partial charge in [-0.3, -0.25) is 0 Å². The first-order valence-electron chi connectivity index (χ1n) is 7.10. The minimum Gasteiger partial charge on any atom is -0.465 e. The fraction of sp³-hybridized carbons (Fsp3) is 0.235. The molecule has 5 heteroatoms. The van der Waals surface area contributed by atoms with Gasteiger partial charge in [0.05, 0.1) is 28.4 Å². The summed E-state index contributed by atoms with van der Waals surface area (Å²) in [5.41, 5.74) is 1.55. The third-order valence-corrected chi connectivity index (χ3v) is 6.19. The maximum Gasteiger partial charge on any atom is 0.337 e. The van der Waals surface area contributed by atoms with Crippen molar-refractivity contribution in [3.63, 3.8) is 0 Å². The molecule has 0 saturated carbocycles. The zero-order chi connectivity index (χ0) is 15.6. The van der Waals surface area contributed by atoms with Gasteiger partial charge >= 0.3 is 5.97 Å². The molecule has 1 aliphatic heterocycles. The van der Waals surface area contributed by atoms with Crippen molar-refractivity contribution in [3.8, 4) is 0 Å². The number of rotatable bonds is 3. The Balaban J connectivity index is 1.91. The van der Waals surface area contributed by atoms with Gasteiger partial charge in [0.2, 0.25) is 0 Å². The molecule has 0 fully saturated rings. The summed E-state index contributed by atoms with van der Waals surface area (Å²) in [6.07, 6.45) is 0.779. The van der Waals surface area contributed by atoms with Crippen molar-refractivity contribution in [3.05, 3.63) is 65.7 Å². The van der Waals surface area contributed by atoms with E-state index in [0.29, 0.717) is 16.2 Å². The topological polar surface area (TPSA) is 55.7 Å². The minimum atomic E-state index is -2.41. The van der Waals surface area contributed by atoms with Crippen molar-refractivity contribution >= 4 is 15.7 Å². The summed E-state index contributed by atoms with van der Waals surface area (Å²) in [4.78, 5) is 12.1. The van der Waals surface area contributed by atoms with Crippen LogP contribution in [0.2, 0.25) is 0 Å².